The van der Waals surface area contributed by atoms with Gasteiger partial charge in [-0.1, -0.05) is 45.7 Å². The molecule has 2 radical (unpaired) electrons. The Kier molecular flexibility index (Phi) is 3.52. The van der Waals surface area contributed by atoms with Crippen molar-refractivity contribution >= 4 is 40.6 Å². The summed E-state index contributed by atoms with van der Waals surface area (Å²) in [6.07, 6.45) is 0. The Hall–Kier alpha value is -1.42. The van der Waals surface area contributed by atoms with Crippen molar-refractivity contribution in [2.75, 3.05) is 0 Å². The van der Waals surface area contributed by atoms with E-state index < -0.39 is 0 Å². The quantitative estimate of drug-likeness (QED) is 0.588. The highest BCUT2D eigenvalue weighted by Crippen LogP contribution is 2.17. The molecular weight excluding hydrogens is 263 g/mol. The Morgan fingerprint density at radius 3 is 2.38 bits per heavy atom. The minimum absolute atomic E-state index is 0.606. The highest BCUT2D eigenvalue weighted by molar-refractivity contribution is 9.10. The highest BCUT2D eigenvalue weighted by atomic mass is 79.9. The molecule has 0 bridgehead atoms. The van der Waals surface area contributed by atoms with E-state index in [1.54, 1.807) is 6.07 Å². The molecule has 0 heterocycles. The molecule has 0 aliphatic carbocycles. The van der Waals surface area contributed by atoms with E-state index >= 15 is 0 Å². The Morgan fingerprint density at radius 1 is 0.938 bits per heavy atom. The molecule has 2 nitrogen and oxygen atoms in total. The lowest BCUT2D eigenvalue weighted by Crippen LogP contribution is -2.01. The van der Waals surface area contributed by atoms with Crippen molar-refractivity contribution in [2.45, 2.75) is 0 Å². The van der Waals surface area contributed by atoms with Gasteiger partial charge in [0, 0.05) is 4.47 Å². The lowest BCUT2D eigenvalue weighted by Gasteiger charge is -1.99. The van der Waals surface area contributed by atoms with E-state index in [9.17, 15) is 0 Å². The normalized spacial score (nSPS) is 10.8. The molecule has 0 spiro atoms. The fraction of sp³-hybridized carbons (Fsp3) is 0. The molecule has 0 saturated carbocycles. The molecule has 0 N–H and O–H groups in total. The maximum Gasteiger partial charge on any atom is 0.116 e. The summed E-state index contributed by atoms with van der Waals surface area (Å²) in [6, 6.07) is 15.1. The van der Waals surface area contributed by atoms with Crippen LogP contribution >= 0.6 is 15.9 Å². The van der Waals surface area contributed by atoms with Crippen LogP contribution in [0.25, 0.3) is 0 Å². The minimum atomic E-state index is 0.606. The van der Waals surface area contributed by atoms with Crippen LogP contribution in [0.15, 0.2) is 63.2 Å². The number of azo groups is 1. The van der Waals surface area contributed by atoms with Crippen LogP contribution in [0.4, 0.5) is 11.4 Å². The van der Waals surface area contributed by atoms with Crippen LogP contribution in [0.2, 0.25) is 0 Å². The second kappa shape index (κ2) is 5.08. The first-order chi connectivity index (χ1) is 7.75. The highest BCUT2D eigenvalue weighted by Gasteiger charge is 1.96. The molecule has 0 aliphatic heterocycles. The average molecular weight is 271 g/mol. The predicted octanol–water partition coefficient (Wildman–Crippen LogP) is 3.66. The van der Waals surface area contributed by atoms with Crippen LogP contribution in [0.3, 0.4) is 0 Å². The van der Waals surface area contributed by atoms with Crippen molar-refractivity contribution in [3.63, 3.8) is 0 Å². The van der Waals surface area contributed by atoms with E-state index in [4.69, 9.17) is 7.85 Å². The third-order valence-electron chi connectivity index (χ3n) is 2.02. The number of hydrogen-bond donors (Lipinski definition) is 0. The summed E-state index contributed by atoms with van der Waals surface area (Å²) in [6.45, 7) is 0. The van der Waals surface area contributed by atoms with Crippen molar-refractivity contribution in [1.29, 1.82) is 0 Å². The number of nitrogens with zero attached hydrogens (tertiary/aromatic N) is 2. The largest absolute Gasteiger partial charge is 0.151 e. The monoisotopic (exact) mass is 270 g/mol. The minimum Gasteiger partial charge on any atom is -0.151 e. The van der Waals surface area contributed by atoms with Gasteiger partial charge in [-0.15, -0.1) is 0 Å². The molecule has 16 heavy (non-hydrogen) atoms. The molecule has 0 saturated heterocycles. The van der Waals surface area contributed by atoms with Gasteiger partial charge in [-0.2, -0.15) is 10.2 Å². The molecule has 0 aliphatic rings. The van der Waals surface area contributed by atoms with E-state index in [2.05, 4.69) is 26.2 Å². The second-order valence-corrected chi connectivity index (χ2v) is 4.15. The zero-order valence-corrected chi connectivity index (χ0v) is 10.1. The molecular formula is C12H8BBrN2. The summed E-state index contributed by atoms with van der Waals surface area (Å²) in [5.41, 5.74) is 2.09. The molecule has 0 amide bonds. The van der Waals surface area contributed by atoms with E-state index in [1.807, 2.05) is 42.5 Å². The van der Waals surface area contributed by atoms with E-state index in [1.165, 1.54) is 0 Å². The van der Waals surface area contributed by atoms with Gasteiger partial charge in [-0.05, 0) is 24.3 Å². The van der Waals surface area contributed by atoms with Crippen molar-refractivity contribution in [2.24, 2.45) is 10.2 Å². The van der Waals surface area contributed by atoms with Gasteiger partial charge < -0.3 is 0 Å². The van der Waals surface area contributed by atoms with Crippen LogP contribution < -0.4 is 5.46 Å². The Balaban J connectivity index is 2.24. The number of benzene rings is 2. The van der Waals surface area contributed by atoms with Crippen molar-refractivity contribution in [3.8, 4) is 0 Å². The van der Waals surface area contributed by atoms with Crippen LogP contribution in [0.1, 0.15) is 0 Å². The summed E-state index contributed by atoms with van der Waals surface area (Å²) < 4.78 is 0.934. The number of hydrogen-bond acceptors (Lipinski definition) is 2. The number of halogens is 1. The van der Waals surface area contributed by atoms with Gasteiger partial charge in [0.15, 0.2) is 0 Å². The smallest absolute Gasteiger partial charge is 0.116 e. The van der Waals surface area contributed by atoms with Gasteiger partial charge in [-0.3, -0.25) is 0 Å². The summed E-state index contributed by atoms with van der Waals surface area (Å²) in [5, 5.41) is 8.19. The van der Waals surface area contributed by atoms with Crippen LogP contribution in [0.5, 0.6) is 0 Å². The molecule has 4 heteroatoms. The van der Waals surface area contributed by atoms with Crippen LogP contribution in [-0.2, 0) is 0 Å². The van der Waals surface area contributed by atoms with Gasteiger partial charge in [0.05, 0.1) is 11.4 Å². The summed E-state index contributed by atoms with van der Waals surface area (Å²) in [4.78, 5) is 0. The zero-order chi connectivity index (χ0) is 11.4. The first-order valence-electron chi connectivity index (χ1n) is 4.77. The van der Waals surface area contributed by atoms with E-state index in [0.717, 1.165) is 10.2 Å². The molecule has 2 aromatic carbocycles. The van der Waals surface area contributed by atoms with Gasteiger partial charge in [0.1, 0.15) is 7.85 Å². The van der Waals surface area contributed by atoms with Crippen molar-refractivity contribution < 1.29 is 0 Å². The Bertz CT molecular complexity index is 512. The average Bonchev–Trinajstić information content (AvgIpc) is 2.29. The summed E-state index contributed by atoms with van der Waals surface area (Å²) in [7, 11) is 5.80. The first-order valence-corrected chi connectivity index (χ1v) is 5.57. The van der Waals surface area contributed by atoms with Crippen molar-refractivity contribution in [1.82, 2.24) is 0 Å². The third-order valence-corrected chi connectivity index (χ3v) is 2.51. The maximum absolute atomic E-state index is 5.80. The maximum atomic E-state index is 5.80. The molecule has 2 aromatic rings. The third kappa shape index (κ3) is 2.79. The SMILES string of the molecule is [B]c1cc(Br)ccc1N=Nc1ccccc1. The van der Waals surface area contributed by atoms with Crippen molar-refractivity contribution in [3.05, 3.63) is 53.0 Å². The van der Waals surface area contributed by atoms with Gasteiger partial charge in [0.25, 0.3) is 0 Å². The molecule has 0 aromatic heterocycles. The predicted molar refractivity (Wildman–Crippen MR) is 70.1 cm³/mol. The second-order valence-electron chi connectivity index (χ2n) is 3.24. The topological polar surface area (TPSA) is 24.7 Å². The molecule has 0 fully saturated rings. The molecule has 0 unspecified atom stereocenters. The standard InChI is InChI=1S/C12H8BBrN2/c13-11-8-9(14)6-7-12(11)16-15-10-4-2-1-3-5-10/h1-8H. The molecule has 0 atom stereocenters. The van der Waals surface area contributed by atoms with Crippen LogP contribution in [0, 0.1) is 0 Å². The van der Waals surface area contributed by atoms with E-state index in [0.29, 0.717) is 11.2 Å². The van der Waals surface area contributed by atoms with Gasteiger partial charge in [0.2, 0.25) is 0 Å². The van der Waals surface area contributed by atoms with E-state index in [-0.39, 0.29) is 0 Å². The Labute approximate surface area is 104 Å². The fourth-order valence-electron chi connectivity index (χ4n) is 1.22. The fourth-order valence-corrected chi connectivity index (χ4v) is 1.60. The first kappa shape index (κ1) is 11.1. The Morgan fingerprint density at radius 2 is 1.69 bits per heavy atom. The van der Waals surface area contributed by atoms with Gasteiger partial charge in [-0.25, -0.2) is 0 Å². The summed E-state index contributed by atoms with van der Waals surface area (Å²) in [5.74, 6) is 0. The zero-order valence-electron chi connectivity index (χ0n) is 8.47. The lowest BCUT2D eigenvalue weighted by molar-refractivity contribution is 1.24. The molecule has 76 valence electrons. The van der Waals surface area contributed by atoms with Gasteiger partial charge >= 0.3 is 0 Å². The number of rotatable bonds is 2. The summed E-state index contributed by atoms with van der Waals surface area (Å²) >= 11 is 3.34. The lowest BCUT2D eigenvalue weighted by atomic mass is 9.95. The molecule has 2 rings (SSSR count). The van der Waals surface area contributed by atoms with Crippen LogP contribution in [-0.4, -0.2) is 7.85 Å².